The summed E-state index contributed by atoms with van der Waals surface area (Å²) in [6.07, 6.45) is 11.2. The molecule has 10 rings (SSSR count). The molecule has 0 bridgehead atoms. The zero-order valence-corrected chi connectivity index (χ0v) is 42.0. The number of nitrogens with zero attached hydrogens (tertiary/aromatic N) is 2. The van der Waals surface area contributed by atoms with Crippen molar-refractivity contribution in [3.8, 4) is 11.3 Å². The van der Waals surface area contributed by atoms with E-state index >= 15 is 4.79 Å². The fourth-order valence-electron chi connectivity index (χ4n) is 17.9. The third kappa shape index (κ3) is 6.38. The van der Waals surface area contributed by atoms with Crippen LogP contribution < -0.4 is 0 Å². The van der Waals surface area contributed by atoms with E-state index in [4.69, 9.17) is 9.72 Å². The summed E-state index contributed by atoms with van der Waals surface area (Å²) < 4.78 is 19.6. The molecule has 0 spiro atoms. The molecule has 7 aliphatic rings. The van der Waals surface area contributed by atoms with Crippen molar-refractivity contribution < 1.29 is 33.4 Å². The van der Waals surface area contributed by atoms with E-state index in [1.807, 2.05) is 49.1 Å². The van der Waals surface area contributed by atoms with Crippen LogP contribution in [0.5, 0.6) is 0 Å². The molecular formula is C58H74FN3O6. The van der Waals surface area contributed by atoms with Gasteiger partial charge in [0.05, 0.1) is 34.7 Å². The highest BCUT2D eigenvalue weighted by molar-refractivity contribution is 6.07. The highest BCUT2D eigenvalue weighted by Gasteiger charge is 2.76. The molecule has 10 heteroatoms. The summed E-state index contributed by atoms with van der Waals surface area (Å²) >= 11 is 0. The van der Waals surface area contributed by atoms with E-state index in [1.54, 1.807) is 18.3 Å². The maximum absolute atomic E-state index is 15.6. The number of allylic oxidation sites excluding steroid dienone is 1. The van der Waals surface area contributed by atoms with Gasteiger partial charge in [0.15, 0.2) is 5.78 Å². The minimum absolute atomic E-state index is 0.00438. The number of hydrogen-bond donors (Lipinski definition) is 2. The molecule has 6 fully saturated rings. The average molecular weight is 928 g/mol. The first kappa shape index (κ1) is 47.1. The molecule has 6 aliphatic carbocycles. The van der Waals surface area contributed by atoms with Crippen LogP contribution in [0.15, 0.2) is 71.9 Å². The second-order valence-electron chi connectivity index (χ2n) is 24.9. The van der Waals surface area contributed by atoms with Gasteiger partial charge in [0.25, 0.3) is 0 Å². The number of benzene rings is 2. The fourth-order valence-corrected chi connectivity index (χ4v) is 17.9. The maximum atomic E-state index is 15.6. The van der Waals surface area contributed by atoms with Crippen LogP contribution in [0.25, 0.3) is 11.3 Å². The van der Waals surface area contributed by atoms with Crippen LogP contribution in [0.1, 0.15) is 157 Å². The van der Waals surface area contributed by atoms with E-state index in [1.165, 1.54) is 12.1 Å². The fraction of sp³-hybridized carbons (Fsp3) is 0.638. The molecule has 2 N–H and O–H groups in total. The molecule has 5 saturated carbocycles. The summed E-state index contributed by atoms with van der Waals surface area (Å²) in [5.74, 6) is -0.226. The Morgan fingerprint density at radius 3 is 2.24 bits per heavy atom. The number of amides is 1. The molecule has 1 aliphatic heterocycles. The van der Waals surface area contributed by atoms with Gasteiger partial charge in [0.2, 0.25) is 5.91 Å². The van der Waals surface area contributed by atoms with E-state index in [0.717, 1.165) is 91.6 Å². The van der Waals surface area contributed by atoms with Crippen molar-refractivity contribution in [1.82, 2.24) is 14.9 Å². The number of H-pyrrole nitrogens is 1. The second-order valence-corrected chi connectivity index (χ2v) is 24.9. The molecule has 0 radical (unpaired) electrons. The van der Waals surface area contributed by atoms with E-state index < -0.39 is 28.1 Å². The molecule has 2 heterocycles. The number of carbonyl (C=O) groups is 4. The highest BCUT2D eigenvalue weighted by atomic mass is 19.1. The molecule has 364 valence electrons. The number of hydrogen-bond acceptors (Lipinski definition) is 6. The van der Waals surface area contributed by atoms with Crippen LogP contribution in [0, 0.1) is 79.2 Å². The first-order chi connectivity index (χ1) is 32.1. The normalized spacial score (nSPS) is 38.0. The van der Waals surface area contributed by atoms with Crippen LogP contribution in [0.2, 0.25) is 0 Å². The number of aromatic nitrogens is 2. The van der Waals surface area contributed by atoms with Crippen LogP contribution >= 0.6 is 0 Å². The molecule has 1 aromatic heterocycles. The minimum Gasteiger partial charge on any atom is -0.481 e. The molecule has 1 saturated heterocycles. The van der Waals surface area contributed by atoms with Crippen LogP contribution in [0.4, 0.5) is 4.39 Å². The number of rotatable bonds is 9. The Labute approximate surface area is 402 Å². The number of likely N-dealkylation sites (tertiary alicyclic amines) is 1. The summed E-state index contributed by atoms with van der Waals surface area (Å²) in [6, 6.07) is 15.8. The topological polar surface area (TPSA) is 130 Å². The number of halogens is 1. The van der Waals surface area contributed by atoms with Crippen molar-refractivity contribution in [3.05, 3.63) is 89.1 Å². The largest absolute Gasteiger partial charge is 0.481 e. The van der Waals surface area contributed by atoms with Crippen LogP contribution in [0.3, 0.4) is 0 Å². The van der Waals surface area contributed by atoms with Gasteiger partial charge in [-0.15, -0.1) is 0 Å². The first-order valence-corrected chi connectivity index (χ1v) is 25.9. The van der Waals surface area contributed by atoms with E-state index in [-0.39, 0.29) is 82.0 Å². The SMILES string of the molecule is CC(C)C1=C2[C@H]3CC[C@@H]4[C@]5(C)CC[C@H]([C@@]6(C(=O)O)C[C@@H](C(=O)OCc7ccccc7)C6(C)C)C(C)(C)[C@H]5CC[C@@]4(C)[C@]3(C)CC[C@@]2(C(=O)N2CCC[C@H]2c2ncc(-c3ccc(F)cc3)[nH]2)CC1=O. The van der Waals surface area contributed by atoms with Crippen molar-refractivity contribution in [2.75, 3.05) is 6.54 Å². The number of ether oxygens (including phenoxy) is 1. The van der Waals surface area contributed by atoms with Crippen molar-refractivity contribution in [3.63, 3.8) is 0 Å². The van der Waals surface area contributed by atoms with Gasteiger partial charge >= 0.3 is 11.9 Å². The summed E-state index contributed by atoms with van der Waals surface area (Å²) in [6.45, 7) is 21.3. The van der Waals surface area contributed by atoms with E-state index in [9.17, 15) is 23.9 Å². The Bertz CT molecular complexity index is 2560. The van der Waals surface area contributed by atoms with Gasteiger partial charge in [0, 0.05) is 13.0 Å². The molecule has 0 unspecified atom stereocenters. The standard InChI is InChI=1S/C58H74FN3O6/c1-34(2)46-42(63)31-57(50(65)62-29-13-16-41(62)48-60-32-40(61-48)36-17-19-37(59)20-18-36)28-27-55(8)38(47(46)57)21-22-45-54(7)25-23-44(52(3,4)43(54)24-26-56(45,55)9)58(51(66)67)30-39(53(58,5)6)49(64)68-33-35-14-11-10-12-15-35/h10-12,14-15,17-20,32,34,38-39,41,43-45H,13,16,21-31,33H2,1-9H3,(H,60,61)(H,66,67)/t38-,39+,41+,43-,44+,45-,54-,55-,56-,57-,58-/m1/s1. The van der Waals surface area contributed by atoms with E-state index in [2.05, 4.69) is 53.5 Å². The van der Waals surface area contributed by atoms with Gasteiger partial charge in [-0.2, -0.15) is 0 Å². The third-order valence-electron chi connectivity index (χ3n) is 21.5. The minimum atomic E-state index is -1.05. The van der Waals surface area contributed by atoms with Gasteiger partial charge in [0.1, 0.15) is 18.2 Å². The van der Waals surface area contributed by atoms with Gasteiger partial charge in [-0.3, -0.25) is 19.2 Å². The number of carbonyl (C=O) groups excluding carboxylic acids is 3. The average Bonchev–Trinajstić information content (AvgIpc) is 4.05. The molecule has 9 nitrogen and oxygen atoms in total. The maximum Gasteiger partial charge on any atom is 0.310 e. The summed E-state index contributed by atoms with van der Waals surface area (Å²) in [5, 5.41) is 11.3. The number of aromatic amines is 1. The lowest BCUT2D eigenvalue weighted by Gasteiger charge is -2.74. The summed E-state index contributed by atoms with van der Waals surface area (Å²) in [7, 11) is 0. The molecule has 2 aromatic carbocycles. The number of ketones is 1. The lowest BCUT2D eigenvalue weighted by molar-refractivity contribution is -0.261. The first-order valence-electron chi connectivity index (χ1n) is 25.9. The van der Waals surface area contributed by atoms with Crippen molar-refractivity contribution >= 4 is 23.6 Å². The van der Waals surface area contributed by atoms with Crippen LogP contribution in [-0.2, 0) is 30.5 Å². The zero-order valence-electron chi connectivity index (χ0n) is 42.0. The molecule has 68 heavy (non-hydrogen) atoms. The van der Waals surface area contributed by atoms with Crippen molar-refractivity contribution in [2.45, 2.75) is 152 Å². The van der Waals surface area contributed by atoms with Gasteiger partial charge < -0.3 is 19.7 Å². The molecule has 3 aromatic rings. The van der Waals surface area contributed by atoms with Gasteiger partial charge in [-0.25, -0.2) is 9.37 Å². The number of carboxylic acids is 1. The Kier molecular flexibility index (Phi) is 11.1. The summed E-state index contributed by atoms with van der Waals surface area (Å²) in [5.41, 5.74) is 1.33. The van der Waals surface area contributed by atoms with Gasteiger partial charge in [-0.1, -0.05) is 92.6 Å². The zero-order chi connectivity index (χ0) is 48.6. The van der Waals surface area contributed by atoms with Crippen molar-refractivity contribution in [1.29, 1.82) is 0 Å². The number of carboxylic acid groups (broad SMARTS) is 1. The third-order valence-corrected chi connectivity index (χ3v) is 21.5. The number of aliphatic carboxylic acids is 1. The molecular weight excluding hydrogens is 854 g/mol. The lowest BCUT2D eigenvalue weighted by atomic mass is 9.29. The predicted octanol–water partition coefficient (Wildman–Crippen LogP) is 12.3. The quantitative estimate of drug-likeness (QED) is 0.204. The van der Waals surface area contributed by atoms with Gasteiger partial charge in [-0.05, 0) is 174 Å². The van der Waals surface area contributed by atoms with E-state index in [0.29, 0.717) is 31.2 Å². The Balaban J connectivity index is 0.924. The molecule has 1 amide bonds. The predicted molar refractivity (Wildman–Crippen MR) is 259 cm³/mol. The Morgan fingerprint density at radius 1 is 0.853 bits per heavy atom. The highest BCUT2D eigenvalue weighted by Crippen LogP contribution is 2.79. The lowest BCUT2D eigenvalue weighted by Crippen LogP contribution is -2.71. The smallest absolute Gasteiger partial charge is 0.310 e. The number of imidazole rings is 1. The molecule has 11 atom stereocenters. The Morgan fingerprint density at radius 2 is 1.56 bits per heavy atom. The number of Topliss-reactive ketones (excluding diaryl/α,β-unsaturated/α-hetero) is 1. The number of nitrogens with one attached hydrogen (secondary N) is 1. The second kappa shape index (κ2) is 16.0. The van der Waals surface area contributed by atoms with Crippen molar-refractivity contribution in [2.24, 2.45) is 73.4 Å². The number of fused-ring (bicyclic) bond motifs is 7. The number of esters is 1. The monoisotopic (exact) mass is 928 g/mol. The van der Waals surface area contributed by atoms with Crippen LogP contribution in [-0.4, -0.2) is 50.1 Å². The Hall–Kier alpha value is -4.60. The summed E-state index contributed by atoms with van der Waals surface area (Å²) in [4.78, 5) is 68.1.